The summed E-state index contributed by atoms with van der Waals surface area (Å²) in [7, 11) is 0. The number of hydrogen-bond acceptors (Lipinski definition) is 3. The molecular formula is C12H19NOS. The number of carbonyl (C=O) groups is 1. The highest BCUT2D eigenvalue weighted by atomic mass is 32.2. The molecule has 3 unspecified atom stereocenters. The van der Waals surface area contributed by atoms with E-state index in [1.54, 1.807) is 0 Å². The number of thioether (sulfide) groups is 1. The van der Waals surface area contributed by atoms with Crippen LogP contribution in [0.1, 0.15) is 39.5 Å². The third kappa shape index (κ3) is 1.47. The predicted molar refractivity (Wildman–Crippen MR) is 63.2 cm³/mol. The number of nitrogens with zero attached hydrogens (tertiary/aromatic N) is 1. The lowest BCUT2D eigenvalue weighted by Gasteiger charge is -2.53. The van der Waals surface area contributed by atoms with Gasteiger partial charge in [0.25, 0.3) is 0 Å². The molecule has 0 aromatic carbocycles. The van der Waals surface area contributed by atoms with Gasteiger partial charge in [-0.15, -0.1) is 0 Å². The maximum atomic E-state index is 11.5. The Morgan fingerprint density at radius 2 is 1.87 bits per heavy atom. The van der Waals surface area contributed by atoms with Crippen molar-refractivity contribution in [2.45, 2.75) is 62.4 Å². The predicted octanol–water partition coefficient (Wildman–Crippen LogP) is 2.08. The summed E-state index contributed by atoms with van der Waals surface area (Å²) < 4.78 is 0.418. The van der Waals surface area contributed by atoms with Crippen molar-refractivity contribution < 1.29 is 4.79 Å². The van der Waals surface area contributed by atoms with E-state index in [2.05, 4.69) is 30.5 Å². The van der Waals surface area contributed by atoms with Crippen molar-refractivity contribution in [1.29, 1.82) is 0 Å². The van der Waals surface area contributed by atoms with Crippen LogP contribution in [-0.2, 0) is 4.79 Å². The van der Waals surface area contributed by atoms with Crippen LogP contribution in [0, 0.1) is 0 Å². The van der Waals surface area contributed by atoms with Crippen molar-refractivity contribution in [3.8, 4) is 0 Å². The van der Waals surface area contributed by atoms with Gasteiger partial charge in [-0.25, -0.2) is 0 Å². The van der Waals surface area contributed by atoms with E-state index >= 15 is 0 Å². The molecule has 84 valence electrons. The molecule has 15 heavy (non-hydrogen) atoms. The van der Waals surface area contributed by atoms with Crippen LogP contribution in [0.3, 0.4) is 0 Å². The number of ketones is 1. The van der Waals surface area contributed by atoms with Crippen LogP contribution in [0.25, 0.3) is 0 Å². The van der Waals surface area contributed by atoms with E-state index in [0.29, 0.717) is 22.6 Å². The zero-order valence-electron chi connectivity index (χ0n) is 9.53. The molecule has 3 heterocycles. The normalized spacial score (nSPS) is 44.1. The van der Waals surface area contributed by atoms with Crippen LogP contribution in [0.15, 0.2) is 0 Å². The van der Waals surface area contributed by atoms with Crippen molar-refractivity contribution in [3.63, 3.8) is 0 Å². The topological polar surface area (TPSA) is 20.3 Å². The van der Waals surface area contributed by atoms with E-state index < -0.39 is 0 Å². The quantitative estimate of drug-likeness (QED) is 0.681. The van der Waals surface area contributed by atoms with Crippen LogP contribution in [0.5, 0.6) is 0 Å². The second-order valence-corrected chi connectivity index (χ2v) is 7.38. The summed E-state index contributed by atoms with van der Waals surface area (Å²) in [5.74, 6) is 1.78. The van der Waals surface area contributed by atoms with Gasteiger partial charge in [-0.1, -0.05) is 0 Å². The fourth-order valence-corrected chi connectivity index (χ4v) is 4.73. The lowest BCUT2D eigenvalue weighted by molar-refractivity contribution is -0.124. The molecule has 3 rings (SSSR count). The Kier molecular flexibility index (Phi) is 2.19. The summed E-state index contributed by atoms with van der Waals surface area (Å²) in [6.07, 6.45) is 4.17. The molecule has 2 bridgehead atoms. The second-order valence-electron chi connectivity index (χ2n) is 5.71. The fraction of sp³-hybridized carbons (Fsp3) is 0.917. The average molecular weight is 225 g/mol. The van der Waals surface area contributed by atoms with Gasteiger partial charge in [0.1, 0.15) is 5.78 Å². The maximum Gasteiger partial charge on any atom is 0.136 e. The number of fused-ring (bicyclic) bond motifs is 2. The number of hydrogen-bond donors (Lipinski definition) is 0. The molecular weight excluding hydrogens is 206 g/mol. The van der Waals surface area contributed by atoms with E-state index in [9.17, 15) is 4.79 Å². The smallest absolute Gasteiger partial charge is 0.136 e. The third-order valence-corrected chi connectivity index (χ3v) is 5.88. The Morgan fingerprint density at radius 3 is 2.27 bits per heavy atom. The Balaban J connectivity index is 1.80. The summed E-state index contributed by atoms with van der Waals surface area (Å²) in [4.78, 5) is 14.2. The highest BCUT2D eigenvalue weighted by molar-refractivity contribution is 8.02. The summed E-state index contributed by atoms with van der Waals surface area (Å²) in [5, 5.41) is 0. The highest BCUT2D eigenvalue weighted by Gasteiger charge is 2.51. The van der Waals surface area contributed by atoms with E-state index in [0.717, 1.165) is 18.9 Å². The average Bonchev–Trinajstić information content (AvgIpc) is 2.41. The molecule has 3 atom stereocenters. The van der Waals surface area contributed by atoms with Crippen molar-refractivity contribution in [3.05, 3.63) is 0 Å². The van der Waals surface area contributed by atoms with Gasteiger partial charge in [0.2, 0.25) is 0 Å². The van der Waals surface area contributed by atoms with Crippen molar-refractivity contribution in [2.24, 2.45) is 0 Å². The van der Waals surface area contributed by atoms with Gasteiger partial charge in [-0.2, -0.15) is 11.8 Å². The largest absolute Gasteiger partial charge is 0.300 e. The van der Waals surface area contributed by atoms with Gasteiger partial charge in [-0.05, 0) is 26.7 Å². The molecule has 0 N–H and O–H groups in total. The van der Waals surface area contributed by atoms with Crippen LogP contribution in [0.2, 0.25) is 0 Å². The Hall–Kier alpha value is -0.0200. The minimum absolute atomic E-state index is 0.418. The molecule has 3 fully saturated rings. The Labute approximate surface area is 95.8 Å². The van der Waals surface area contributed by atoms with Crippen molar-refractivity contribution in [2.75, 3.05) is 5.75 Å². The molecule has 0 aromatic rings. The number of rotatable bonds is 1. The van der Waals surface area contributed by atoms with E-state index in [4.69, 9.17) is 0 Å². The van der Waals surface area contributed by atoms with E-state index in [1.807, 2.05) is 0 Å². The van der Waals surface area contributed by atoms with E-state index in [1.165, 1.54) is 18.6 Å². The van der Waals surface area contributed by atoms with Crippen molar-refractivity contribution in [1.82, 2.24) is 4.90 Å². The highest BCUT2D eigenvalue weighted by Crippen LogP contribution is 2.48. The molecule has 3 heteroatoms. The first-order valence-electron chi connectivity index (χ1n) is 6.01. The third-order valence-electron chi connectivity index (χ3n) is 4.38. The van der Waals surface area contributed by atoms with E-state index in [-0.39, 0.29) is 0 Å². The van der Waals surface area contributed by atoms with Gasteiger partial charge >= 0.3 is 0 Å². The zero-order chi connectivity index (χ0) is 10.6. The Morgan fingerprint density at radius 1 is 1.27 bits per heavy atom. The summed E-state index contributed by atoms with van der Waals surface area (Å²) >= 11 is 2.07. The number of Topliss-reactive ketones (excluding diaryl/α,β-unsaturated/α-hetero) is 1. The molecule has 3 saturated heterocycles. The second kappa shape index (κ2) is 3.24. The van der Waals surface area contributed by atoms with Gasteiger partial charge in [-0.3, -0.25) is 9.69 Å². The first-order valence-corrected chi connectivity index (χ1v) is 6.99. The zero-order valence-corrected chi connectivity index (χ0v) is 10.3. The van der Waals surface area contributed by atoms with Gasteiger partial charge in [0.05, 0.1) is 0 Å². The lowest BCUT2D eigenvalue weighted by atomic mass is 9.93. The maximum absolute atomic E-state index is 11.5. The molecule has 0 radical (unpaired) electrons. The molecule has 2 nitrogen and oxygen atoms in total. The minimum atomic E-state index is 0.418. The minimum Gasteiger partial charge on any atom is -0.300 e. The first-order chi connectivity index (χ1) is 7.08. The SMILES string of the molecule is CC1(C)SCC1N1C2CCC1CC(=O)C2. The Bertz CT molecular complexity index is 286. The summed E-state index contributed by atoms with van der Waals surface area (Å²) in [6.45, 7) is 4.70. The van der Waals surface area contributed by atoms with Gasteiger partial charge < -0.3 is 0 Å². The molecule has 0 aromatic heterocycles. The molecule has 0 aliphatic carbocycles. The molecule has 0 saturated carbocycles. The fourth-order valence-electron chi connectivity index (χ4n) is 3.45. The van der Waals surface area contributed by atoms with Crippen LogP contribution < -0.4 is 0 Å². The summed E-state index contributed by atoms with van der Waals surface area (Å²) in [6, 6.07) is 1.90. The first kappa shape index (κ1) is 10.2. The molecule has 0 amide bonds. The van der Waals surface area contributed by atoms with Crippen LogP contribution in [0.4, 0.5) is 0 Å². The lowest BCUT2D eigenvalue weighted by Crippen LogP contribution is -2.62. The van der Waals surface area contributed by atoms with Gasteiger partial charge in [0.15, 0.2) is 0 Å². The van der Waals surface area contributed by atoms with Gasteiger partial charge in [0, 0.05) is 41.5 Å². The molecule has 0 spiro atoms. The number of carbonyl (C=O) groups excluding carboxylic acids is 1. The monoisotopic (exact) mass is 225 g/mol. The number of piperidine rings is 1. The van der Waals surface area contributed by atoms with Crippen LogP contribution >= 0.6 is 11.8 Å². The molecule has 3 aliphatic rings. The standard InChI is InChI=1S/C12H19NOS/c1-12(2)11(7-15-12)13-8-3-4-9(13)6-10(14)5-8/h8-9,11H,3-7H2,1-2H3. The summed E-state index contributed by atoms with van der Waals surface area (Å²) in [5.41, 5.74) is 0. The van der Waals surface area contributed by atoms with Crippen molar-refractivity contribution >= 4 is 17.5 Å². The molecule has 3 aliphatic heterocycles. The van der Waals surface area contributed by atoms with Crippen LogP contribution in [-0.4, -0.2) is 39.3 Å².